The van der Waals surface area contributed by atoms with Crippen molar-refractivity contribution < 1.29 is 30.5 Å². The lowest BCUT2D eigenvalue weighted by Crippen LogP contribution is -2.32. The van der Waals surface area contributed by atoms with E-state index in [4.69, 9.17) is 0 Å². The number of furan rings is 1. The fraction of sp³-hybridized carbons (Fsp3) is 0.200. The third kappa shape index (κ3) is 2.19. The summed E-state index contributed by atoms with van der Waals surface area (Å²) in [5, 5.41) is 0. The monoisotopic (exact) mass is 203 g/mol. The lowest BCUT2D eigenvalue weighted by molar-refractivity contribution is -0.152. The zero-order valence-corrected chi connectivity index (χ0v) is 5.91. The highest BCUT2D eigenvalue weighted by molar-refractivity contribution is 6.72. The van der Waals surface area contributed by atoms with Gasteiger partial charge in [-0.2, -0.15) is 13.2 Å². The molecule has 0 unspecified atom stereocenters. The minimum absolute atomic E-state index is 0.255. The van der Waals surface area contributed by atoms with Crippen molar-refractivity contribution in [3.8, 4) is 0 Å². The van der Waals surface area contributed by atoms with Gasteiger partial charge in [0.1, 0.15) is 0 Å². The Morgan fingerprint density at radius 2 is 1.62 bits per heavy atom. The Balaban J connectivity index is 3.01. The van der Waals surface area contributed by atoms with Gasteiger partial charge < -0.3 is 17.4 Å². The average molecular weight is 203 g/mol. The van der Waals surface area contributed by atoms with Gasteiger partial charge in [0, 0.05) is 5.66 Å². The summed E-state index contributed by atoms with van der Waals surface area (Å²) < 4.78 is 74.2. The summed E-state index contributed by atoms with van der Waals surface area (Å²) in [5.74, 6) is -1.64. The van der Waals surface area contributed by atoms with E-state index in [-0.39, 0.29) is 12.1 Å². The third-order valence-electron chi connectivity index (χ3n) is 1.23. The van der Waals surface area contributed by atoms with Crippen LogP contribution in [0.15, 0.2) is 16.5 Å². The molecule has 0 saturated heterocycles. The van der Waals surface area contributed by atoms with E-state index in [0.717, 1.165) is 0 Å². The predicted octanol–water partition coefficient (Wildman–Crippen LogP) is 2.35. The topological polar surface area (TPSA) is 13.1 Å². The molecule has 74 valence electrons. The highest BCUT2D eigenvalue weighted by Crippen LogP contribution is 2.29. The molecule has 13 heavy (non-hydrogen) atoms. The predicted molar refractivity (Wildman–Crippen MR) is 32.4 cm³/mol. The SMILES string of the molecule is F[B-](F)(F)c1ccc(C(F)(F)F)o1. The van der Waals surface area contributed by atoms with Crippen molar-refractivity contribution in [1.29, 1.82) is 0 Å². The Hall–Kier alpha value is -1.08. The van der Waals surface area contributed by atoms with Gasteiger partial charge in [0.25, 0.3) is 0 Å². The van der Waals surface area contributed by atoms with E-state index in [1.165, 1.54) is 0 Å². The van der Waals surface area contributed by atoms with Crippen LogP contribution in [0.1, 0.15) is 5.76 Å². The van der Waals surface area contributed by atoms with E-state index in [1.807, 2.05) is 0 Å². The molecule has 1 nitrogen and oxygen atoms in total. The summed E-state index contributed by atoms with van der Waals surface area (Å²) in [4.78, 5) is 0. The van der Waals surface area contributed by atoms with Gasteiger partial charge >= 0.3 is 13.2 Å². The summed E-state index contributed by atoms with van der Waals surface area (Å²) in [7, 11) is 0. The molecule has 0 saturated carbocycles. The van der Waals surface area contributed by atoms with Crippen LogP contribution in [-0.4, -0.2) is 6.98 Å². The molecule has 1 rings (SSSR count). The fourth-order valence-electron chi connectivity index (χ4n) is 0.681. The lowest BCUT2D eigenvalue weighted by atomic mass is 9.88. The molecule has 0 aliphatic rings. The van der Waals surface area contributed by atoms with E-state index >= 15 is 0 Å². The maximum absolute atomic E-state index is 11.8. The molecule has 0 amide bonds. The first-order valence-corrected chi connectivity index (χ1v) is 3.08. The van der Waals surface area contributed by atoms with Crippen LogP contribution in [0.25, 0.3) is 0 Å². The van der Waals surface area contributed by atoms with Gasteiger partial charge in [-0.25, -0.2) is 0 Å². The van der Waals surface area contributed by atoms with Crippen LogP contribution in [0, 0.1) is 0 Å². The Morgan fingerprint density at radius 1 is 1.08 bits per heavy atom. The normalized spacial score (nSPS) is 13.4. The first-order valence-electron chi connectivity index (χ1n) is 3.08. The van der Waals surface area contributed by atoms with Crippen molar-refractivity contribution in [3.63, 3.8) is 0 Å². The van der Waals surface area contributed by atoms with E-state index in [2.05, 4.69) is 4.42 Å². The third-order valence-corrected chi connectivity index (χ3v) is 1.23. The Bertz CT molecular complexity index is 268. The lowest BCUT2D eigenvalue weighted by Gasteiger charge is -2.10. The minimum Gasteiger partial charge on any atom is -0.489 e. The Morgan fingerprint density at radius 3 is 1.85 bits per heavy atom. The summed E-state index contributed by atoms with van der Waals surface area (Å²) in [6.45, 7) is -5.50. The van der Waals surface area contributed by atoms with E-state index in [1.54, 1.807) is 0 Å². The van der Waals surface area contributed by atoms with Gasteiger partial charge in [0.05, 0.1) is 0 Å². The Kier molecular flexibility index (Phi) is 2.09. The molecule has 1 aromatic heterocycles. The summed E-state index contributed by atoms with van der Waals surface area (Å²) in [5.41, 5.74) is -1.59. The number of rotatable bonds is 1. The second-order valence-corrected chi connectivity index (χ2v) is 2.27. The van der Waals surface area contributed by atoms with Crippen LogP contribution < -0.4 is 5.66 Å². The molecule has 0 aromatic carbocycles. The number of hydrogen-bond donors (Lipinski definition) is 0. The van der Waals surface area contributed by atoms with Crippen molar-refractivity contribution in [1.82, 2.24) is 0 Å². The maximum atomic E-state index is 11.8. The molecule has 0 N–H and O–H groups in total. The van der Waals surface area contributed by atoms with Gasteiger partial charge in [0.2, 0.25) is 5.76 Å². The fourth-order valence-corrected chi connectivity index (χ4v) is 0.681. The molecule has 0 fully saturated rings. The molecule has 0 spiro atoms. The number of alkyl halides is 3. The molecular formula is C5H2BF6O-. The van der Waals surface area contributed by atoms with Crippen LogP contribution in [0.5, 0.6) is 0 Å². The molecule has 0 atom stereocenters. The summed E-state index contributed by atoms with van der Waals surface area (Å²) in [6.07, 6.45) is -4.88. The van der Waals surface area contributed by atoms with Gasteiger partial charge in [-0.1, -0.05) is 6.07 Å². The van der Waals surface area contributed by atoms with Gasteiger partial charge in [-0.05, 0) is 6.07 Å². The first kappa shape index (κ1) is 10.0. The van der Waals surface area contributed by atoms with Crippen LogP contribution in [0.4, 0.5) is 26.1 Å². The first-order chi connectivity index (χ1) is 5.71. The largest absolute Gasteiger partial charge is 0.544 e. The zero-order chi connectivity index (χ0) is 10.3. The molecule has 0 aliphatic carbocycles. The highest BCUT2D eigenvalue weighted by atomic mass is 19.4. The van der Waals surface area contributed by atoms with E-state index in [9.17, 15) is 26.1 Å². The van der Waals surface area contributed by atoms with Crippen molar-refractivity contribution in [2.24, 2.45) is 0 Å². The van der Waals surface area contributed by atoms with Crippen LogP contribution in [0.3, 0.4) is 0 Å². The quantitative estimate of drug-likeness (QED) is 0.504. The van der Waals surface area contributed by atoms with Gasteiger partial charge in [-0.3, -0.25) is 0 Å². The summed E-state index contributed by atoms with van der Waals surface area (Å²) >= 11 is 0. The number of halogens is 6. The molecule has 1 aromatic rings. The van der Waals surface area contributed by atoms with Crippen LogP contribution >= 0.6 is 0 Å². The van der Waals surface area contributed by atoms with Crippen LogP contribution in [0.2, 0.25) is 0 Å². The molecule has 0 bridgehead atoms. The molecule has 1 heterocycles. The van der Waals surface area contributed by atoms with E-state index < -0.39 is 24.6 Å². The smallest absolute Gasteiger partial charge is 0.489 e. The average Bonchev–Trinajstić information content (AvgIpc) is 2.28. The van der Waals surface area contributed by atoms with Gasteiger partial charge in [0.15, 0.2) is 0 Å². The van der Waals surface area contributed by atoms with Crippen molar-refractivity contribution in [2.45, 2.75) is 6.18 Å². The highest BCUT2D eigenvalue weighted by Gasteiger charge is 2.38. The molecular weight excluding hydrogens is 201 g/mol. The summed E-state index contributed by atoms with van der Waals surface area (Å²) in [6, 6.07) is 0.521. The second kappa shape index (κ2) is 2.71. The van der Waals surface area contributed by atoms with E-state index in [0.29, 0.717) is 0 Å². The molecule has 8 heteroatoms. The maximum Gasteiger partial charge on any atom is 0.544 e. The number of hydrogen-bond acceptors (Lipinski definition) is 1. The second-order valence-electron chi connectivity index (χ2n) is 2.27. The van der Waals surface area contributed by atoms with Crippen molar-refractivity contribution >= 4 is 12.6 Å². The van der Waals surface area contributed by atoms with Crippen molar-refractivity contribution in [3.05, 3.63) is 17.9 Å². The standard InChI is InChI=1S/C5H2BF6O/c7-5(8,9)3-1-2-4(13-3)6(10,11)12/h1-2H/q-1. The van der Waals surface area contributed by atoms with Crippen LogP contribution in [-0.2, 0) is 6.18 Å². The van der Waals surface area contributed by atoms with Crippen molar-refractivity contribution in [2.75, 3.05) is 0 Å². The minimum atomic E-state index is -5.50. The zero-order valence-electron chi connectivity index (χ0n) is 5.91. The molecule has 0 radical (unpaired) electrons. The molecule has 0 aliphatic heterocycles. The Labute approximate surface area is 68.4 Å². The van der Waals surface area contributed by atoms with Gasteiger partial charge in [-0.15, -0.1) is 0 Å².